The van der Waals surface area contributed by atoms with E-state index in [9.17, 15) is 0 Å². The minimum atomic E-state index is 0.503. The fourth-order valence-electron chi connectivity index (χ4n) is 6.86. The van der Waals surface area contributed by atoms with E-state index in [1.165, 1.54) is 65.7 Å². The summed E-state index contributed by atoms with van der Waals surface area (Å²) in [5.74, 6) is 0.503. The molecule has 0 atom stereocenters. The molecule has 0 amide bonds. The lowest BCUT2D eigenvalue weighted by atomic mass is 9.84. The van der Waals surface area contributed by atoms with Crippen LogP contribution < -0.4 is 0 Å². The summed E-state index contributed by atoms with van der Waals surface area (Å²) in [4.78, 5) is 8.97. The lowest BCUT2D eigenvalue weighted by molar-refractivity contribution is 0.836. The molecule has 47 heavy (non-hydrogen) atoms. The van der Waals surface area contributed by atoms with Gasteiger partial charge < -0.3 is 0 Å². The summed E-state index contributed by atoms with van der Waals surface area (Å²) < 4.78 is 0. The fourth-order valence-corrected chi connectivity index (χ4v) is 6.86. The van der Waals surface area contributed by atoms with Crippen LogP contribution in [0.25, 0.3) is 83.0 Å². The molecule has 0 aliphatic heterocycles. The van der Waals surface area contributed by atoms with Crippen LogP contribution in [-0.2, 0) is 0 Å². The van der Waals surface area contributed by atoms with Crippen molar-refractivity contribution in [2.24, 2.45) is 5.92 Å². The smallest absolute Gasteiger partial charge is 0.0703 e. The van der Waals surface area contributed by atoms with Crippen molar-refractivity contribution in [2.45, 2.75) is 13.8 Å². The largest absolute Gasteiger partial charge is 0.265 e. The first-order valence-corrected chi connectivity index (χ1v) is 16.3. The summed E-state index contributed by atoms with van der Waals surface area (Å²) in [7, 11) is 0. The van der Waals surface area contributed by atoms with Crippen molar-refractivity contribution >= 4 is 38.4 Å². The number of allylic oxidation sites excluding steroid dienone is 1. The normalized spacial score (nSPS) is 11.7. The Bertz CT molecular complexity index is 2360. The van der Waals surface area contributed by atoms with Crippen LogP contribution in [0, 0.1) is 5.92 Å². The Balaban J connectivity index is 1.34. The number of pyridine rings is 2. The zero-order valence-electron chi connectivity index (χ0n) is 26.6. The number of rotatable bonds is 6. The van der Waals surface area contributed by atoms with Gasteiger partial charge in [-0.15, -0.1) is 0 Å². The summed E-state index contributed by atoms with van der Waals surface area (Å²) in [6, 6.07) is 48.3. The van der Waals surface area contributed by atoms with Gasteiger partial charge in [-0.05, 0) is 95.9 Å². The van der Waals surface area contributed by atoms with Crippen molar-refractivity contribution in [1.82, 2.24) is 9.97 Å². The summed E-state index contributed by atoms with van der Waals surface area (Å²) in [6.45, 7) is 4.43. The van der Waals surface area contributed by atoms with E-state index in [2.05, 4.69) is 152 Å². The van der Waals surface area contributed by atoms with Crippen molar-refractivity contribution in [3.8, 4) is 44.6 Å². The first-order valence-electron chi connectivity index (χ1n) is 16.3. The Morgan fingerprint density at radius 2 is 1.09 bits per heavy atom. The first-order chi connectivity index (χ1) is 23.2. The van der Waals surface area contributed by atoms with Gasteiger partial charge in [0.25, 0.3) is 0 Å². The molecule has 2 nitrogen and oxygen atoms in total. The van der Waals surface area contributed by atoms with E-state index in [4.69, 9.17) is 4.98 Å². The molecule has 0 aliphatic carbocycles. The quantitative estimate of drug-likeness (QED) is 0.177. The summed E-state index contributed by atoms with van der Waals surface area (Å²) in [6.07, 6.45) is 10.1. The van der Waals surface area contributed by atoms with E-state index in [1.54, 1.807) is 12.4 Å². The summed E-state index contributed by atoms with van der Waals surface area (Å²) in [5, 5.41) is 7.47. The third kappa shape index (κ3) is 5.28. The number of fused-ring (bicyclic) bond motifs is 3. The molecule has 0 saturated heterocycles. The van der Waals surface area contributed by atoms with E-state index < -0.39 is 0 Å². The molecule has 0 spiro atoms. The number of hydrogen-bond acceptors (Lipinski definition) is 2. The Labute approximate surface area is 275 Å². The van der Waals surface area contributed by atoms with Crippen molar-refractivity contribution in [1.29, 1.82) is 0 Å². The number of benzene rings is 6. The molecule has 8 rings (SSSR count). The van der Waals surface area contributed by atoms with Crippen molar-refractivity contribution in [3.05, 3.63) is 164 Å². The number of hydrogen-bond donors (Lipinski definition) is 0. The lowest BCUT2D eigenvalue weighted by Gasteiger charge is -2.19. The molecule has 0 N–H and O–H groups in total. The Kier molecular flexibility index (Phi) is 7.39. The molecule has 6 aromatic carbocycles. The second-order valence-corrected chi connectivity index (χ2v) is 12.4. The zero-order chi connectivity index (χ0) is 31.7. The van der Waals surface area contributed by atoms with E-state index in [0.29, 0.717) is 5.92 Å². The second-order valence-electron chi connectivity index (χ2n) is 12.4. The van der Waals surface area contributed by atoms with Gasteiger partial charge in [-0.3, -0.25) is 9.97 Å². The van der Waals surface area contributed by atoms with Crippen LogP contribution in [0.5, 0.6) is 0 Å². The van der Waals surface area contributed by atoms with Crippen LogP contribution >= 0.6 is 0 Å². The molecule has 0 aliphatic rings. The van der Waals surface area contributed by atoms with Crippen LogP contribution in [0.15, 0.2) is 158 Å². The van der Waals surface area contributed by atoms with E-state index >= 15 is 0 Å². The predicted octanol–water partition coefficient (Wildman–Crippen LogP) is 12.3. The van der Waals surface area contributed by atoms with Crippen LogP contribution in [0.4, 0.5) is 0 Å². The molecule has 2 heterocycles. The van der Waals surface area contributed by atoms with Crippen molar-refractivity contribution in [3.63, 3.8) is 0 Å². The van der Waals surface area contributed by atoms with Gasteiger partial charge in [0.15, 0.2) is 0 Å². The molecule has 0 radical (unpaired) electrons. The van der Waals surface area contributed by atoms with Crippen LogP contribution in [-0.4, -0.2) is 9.97 Å². The highest BCUT2D eigenvalue weighted by molar-refractivity contribution is 6.24. The van der Waals surface area contributed by atoms with Gasteiger partial charge in [0.1, 0.15) is 0 Å². The molecule has 2 aromatic heterocycles. The van der Waals surface area contributed by atoms with Gasteiger partial charge in [0.05, 0.1) is 5.69 Å². The van der Waals surface area contributed by atoms with E-state index in [1.807, 2.05) is 18.3 Å². The Morgan fingerprint density at radius 3 is 1.72 bits per heavy atom. The monoisotopic (exact) mass is 602 g/mol. The standard InChI is InChI=1S/C45H34N2/c1-30(2)20-21-31-10-7-11-33(28-31)44-39-12-3-5-14-41(39)45(42-15-6-4-13-40(42)44)38-19-9-17-36-35(16-8-18-37(36)38)34-22-23-43(47-29-34)32-24-26-46-27-25-32/h3-30H,1-2H3/b21-20-. The second kappa shape index (κ2) is 12.2. The average molecular weight is 603 g/mol. The molecule has 0 bridgehead atoms. The Hall–Kier alpha value is -5.86. The highest BCUT2D eigenvalue weighted by Gasteiger charge is 2.18. The molecule has 224 valence electrons. The van der Waals surface area contributed by atoms with Gasteiger partial charge in [-0.2, -0.15) is 0 Å². The van der Waals surface area contributed by atoms with Crippen molar-refractivity contribution < 1.29 is 0 Å². The van der Waals surface area contributed by atoms with Gasteiger partial charge >= 0.3 is 0 Å². The third-order valence-corrected chi connectivity index (χ3v) is 9.02. The zero-order valence-corrected chi connectivity index (χ0v) is 26.6. The fraction of sp³-hybridized carbons (Fsp3) is 0.0667. The van der Waals surface area contributed by atoms with Crippen LogP contribution in [0.1, 0.15) is 19.4 Å². The SMILES string of the molecule is CC(C)/C=C\c1cccc(-c2c3ccccc3c(-c3cccc4c(-c5ccc(-c6ccncc6)nc5)cccc34)c3ccccc23)c1. The van der Waals surface area contributed by atoms with Gasteiger partial charge in [0, 0.05) is 29.7 Å². The molecule has 0 fully saturated rings. The van der Waals surface area contributed by atoms with Crippen LogP contribution in [0.3, 0.4) is 0 Å². The maximum atomic E-state index is 4.83. The minimum Gasteiger partial charge on any atom is -0.265 e. The number of nitrogens with zero attached hydrogens (tertiary/aromatic N) is 2. The maximum Gasteiger partial charge on any atom is 0.0703 e. The topological polar surface area (TPSA) is 25.8 Å². The van der Waals surface area contributed by atoms with Gasteiger partial charge in [-0.25, -0.2) is 0 Å². The molecule has 0 unspecified atom stereocenters. The predicted molar refractivity (Wildman–Crippen MR) is 200 cm³/mol. The van der Waals surface area contributed by atoms with E-state index in [0.717, 1.165) is 16.8 Å². The van der Waals surface area contributed by atoms with Crippen molar-refractivity contribution in [2.75, 3.05) is 0 Å². The number of aromatic nitrogens is 2. The maximum absolute atomic E-state index is 4.83. The molecular weight excluding hydrogens is 569 g/mol. The highest BCUT2D eigenvalue weighted by Crippen LogP contribution is 2.46. The molecular formula is C45H34N2. The van der Waals surface area contributed by atoms with E-state index in [-0.39, 0.29) is 0 Å². The van der Waals surface area contributed by atoms with Gasteiger partial charge in [0.2, 0.25) is 0 Å². The molecule has 0 saturated carbocycles. The van der Waals surface area contributed by atoms with Gasteiger partial charge in [-0.1, -0.05) is 135 Å². The van der Waals surface area contributed by atoms with Crippen LogP contribution in [0.2, 0.25) is 0 Å². The highest BCUT2D eigenvalue weighted by atomic mass is 14.7. The molecule has 8 aromatic rings. The Morgan fingerprint density at radius 1 is 0.489 bits per heavy atom. The average Bonchev–Trinajstić information content (AvgIpc) is 3.13. The first kappa shape index (κ1) is 28.6. The summed E-state index contributed by atoms with van der Waals surface area (Å²) in [5.41, 5.74) is 10.5. The third-order valence-electron chi connectivity index (χ3n) is 9.02. The lowest BCUT2D eigenvalue weighted by Crippen LogP contribution is -1.92. The molecule has 2 heteroatoms. The summed E-state index contributed by atoms with van der Waals surface area (Å²) >= 11 is 0. The minimum absolute atomic E-state index is 0.503.